The first-order chi connectivity index (χ1) is 9.04. The Morgan fingerprint density at radius 3 is 2.37 bits per heavy atom. The topological polar surface area (TPSA) is 70.0 Å². The number of anilines is 1. The van der Waals surface area contributed by atoms with Gasteiger partial charge in [0.1, 0.15) is 11.0 Å². The summed E-state index contributed by atoms with van der Waals surface area (Å²) < 4.78 is 27.6. The number of sulfonamides is 1. The smallest absolute Gasteiger partial charge is 0.263 e. The Morgan fingerprint density at radius 2 is 1.68 bits per heavy atom. The summed E-state index contributed by atoms with van der Waals surface area (Å²) in [5.74, 6) is 0. The van der Waals surface area contributed by atoms with Crippen molar-refractivity contribution in [2.24, 2.45) is 0 Å². The molecule has 0 radical (unpaired) electrons. The quantitative estimate of drug-likeness (QED) is 0.935. The van der Waals surface area contributed by atoms with Gasteiger partial charge in [0.15, 0.2) is 0 Å². The maximum Gasteiger partial charge on any atom is 0.263 e. The third-order valence-electron chi connectivity index (χ3n) is 2.42. The lowest BCUT2D eigenvalue weighted by Crippen LogP contribution is -2.14. The molecule has 0 unspecified atom stereocenters. The largest absolute Gasteiger partial charge is 0.278 e. The summed E-state index contributed by atoms with van der Waals surface area (Å²) in [5, 5.41) is 8.95. The van der Waals surface area contributed by atoms with Crippen LogP contribution in [0.3, 0.4) is 0 Å². The number of halogens is 1. The number of benzene rings is 2. The Kier molecular flexibility index (Phi) is 3.88. The average Bonchev–Trinajstić information content (AvgIpc) is 2.41. The number of nitriles is 1. The first-order valence-electron chi connectivity index (χ1n) is 5.31. The lowest BCUT2D eigenvalue weighted by Gasteiger charge is -2.10. The van der Waals surface area contributed by atoms with Crippen LogP contribution >= 0.6 is 15.9 Å². The van der Waals surface area contributed by atoms with Crippen LogP contribution in [0.5, 0.6) is 0 Å². The summed E-state index contributed by atoms with van der Waals surface area (Å²) in [5.41, 5.74) is 0.539. The molecule has 0 aliphatic rings. The van der Waals surface area contributed by atoms with Crippen LogP contribution in [0.15, 0.2) is 57.9 Å². The van der Waals surface area contributed by atoms with E-state index in [1.807, 2.05) is 6.07 Å². The molecule has 0 saturated heterocycles. The molecule has 0 fully saturated rings. The zero-order valence-electron chi connectivity index (χ0n) is 9.67. The van der Waals surface area contributed by atoms with Gasteiger partial charge >= 0.3 is 0 Å². The predicted octanol–water partition coefficient (Wildman–Crippen LogP) is 3.12. The Morgan fingerprint density at radius 1 is 1.05 bits per heavy atom. The normalized spacial score (nSPS) is 10.7. The van der Waals surface area contributed by atoms with Crippen molar-refractivity contribution in [2.45, 2.75) is 4.90 Å². The van der Waals surface area contributed by atoms with Crippen LogP contribution in [0.2, 0.25) is 0 Å². The Balaban J connectivity index is 2.45. The predicted molar refractivity (Wildman–Crippen MR) is 76.1 cm³/mol. The van der Waals surface area contributed by atoms with Gasteiger partial charge in [-0.05, 0) is 40.2 Å². The number of hydrogen-bond acceptors (Lipinski definition) is 3. The molecule has 0 aliphatic carbocycles. The van der Waals surface area contributed by atoms with Crippen LogP contribution < -0.4 is 4.72 Å². The van der Waals surface area contributed by atoms with Crippen LogP contribution in [0, 0.1) is 11.3 Å². The highest BCUT2D eigenvalue weighted by Crippen LogP contribution is 2.25. The number of nitrogens with one attached hydrogen (secondary N) is 1. The van der Waals surface area contributed by atoms with Crippen LogP contribution in [-0.4, -0.2) is 8.42 Å². The standard InChI is InChI=1S/C13H9BrN2O2S/c14-11-6-2-3-7-12(11)16-19(17,18)13-8-4-1-5-10(13)9-15/h1-8,16H. The van der Waals surface area contributed by atoms with Gasteiger partial charge in [-0.2, -0.15) is 5.26 Å². The molecular weight excluding hydrogens is 328 g/mol. The Bertz CT molecular complexity index is 751. The molecule has 2 aromatic rings. The van der Waals surface area contributed by atoms with Gasteiger partial charge in [0.2, 0.25) is 0 Å². The van der Waals surface area contributed by atoms with Crippen molar-refractivity contribution in [3.05, 3.63) is 58.6 Å². The maximum atomic E-state index is 12.3. The number of hydrogen-bond donors (Lipinski definition) is 1. The highest BCUT2D eigenvalue weighted by Gasteiger charge is 2.18. The van der Waals surface area contributed by atoms with E-state index in [-0.39, 0.29) is 10.5 Å². The van der Waals surface area contributed by atoms with E-state index in [1.165, 1.54) is 12.1 Å². The molecular formula is C13H9BrN2O2S. The molecule has 0 heterocycles. The van der Waals surface area contributed by atoms with Crippen molar-refractivity contribution in [1.82, 2.24) is 0 Å². The van der Waals surface area contributed by atoms with Gasteiger partial charge in [-0.25, -0.2) is 8.42 Å². The van der Waals surface area contributed by atoms with Crippen molar-refractivity contribution in [2.75, 3.05) is 4.72 Å². The second-order valence-electron chi connectivity index (χ2n) is 3.69. The molecule has 0 atom stereocenters. The van der Waals surface area contributed by atoms with Gasteiger partial charge < -0.3 is 0 Å². The molecule has 1 N–H and O–H groups in total. The minimum atomic E-state index is -3.78. The van der Waals surface area contributed by atoms with Crippen LogP contribution in [-0.2, 0) is 10.0 Å². The minimum absolute atomic E-state index is 0.0340. The minimum Gasteiger partial charge on any atom is -0.278 e. The second-order valence-corrected chi connectivity index (χ2v) is 6.20. The van der Waals surface area contributed by atoms with Crippen molar-refractivity contribution >= 4 is 31.6 Å². The summed E-state index contributed by atoms with van der Waals surface area (Å²) >= 11 is 3.27. The average molecular weight is 337 g/mol. The SMILES string of the molecule is N#Cc1ccccc1S(=O)(=O)Nc1ccccc1Br. The molecule has 96 valence electrons. The lowest BCUT2D eigenvalue weighted by molar-refractivity contribution is 0.601. The molecule has 0 aromatic heterocycles. The van der Waals surface area contributed by atoms with Crippen molar-refractivity contribution in [1.29, 1.82) is 5.26 Å². The molecule has 0 bridgehead atoms. The van der Waals surface area contributed by atoms with Crippen LogP contribution in [0.25, 0.3) is 0 Å². The second kappa shape index (κ2) is 5.43. The summed E-state index contributed by atoms with van der Waals surface area (Å²) in [6.45, 7) is 0. The molecule has 0 amide bonds. The summed E-state index contributed by atoms with van der Waals surface area (Å²) in [6, 6.07) is 14.8. The highest BCUT2D eigenvalue weighted by atomic mass is 79.9. The van der Waals surface area contributed by atoms with E-state index in [0.717, 1.165) is 0 Å². The van der Waals surface area contributed by atoms with E-state index in [2.05, 4.69) is 20.7 Å². The lowest BCUT2D eigenvalue weighted by atomic mass is 10.2. The van der Waals surface area contributed by atoms with E-state index >= 15 is 0 Å². The van der Waals surface area contributed by atoms with E-state index in [4.69, 9.17) is 5.26 Å². The fourth-order valence-corrected chi connectivity index (χ4v) is 3.29. The van der Waals surface area contributed by atoms with Crippen molar-refractivity contribution in [3.8, 4) is 6.07 Å². The molecule has 4 nitrogen and oxygen atoms in total. The van der Waals surface area contributed by atoms with E-state index in [0.29, 0.717) is 10.2 Å². The summed E-state index contributed by atoms with van der Waals surface area (Å²) in [6.07, 6.45) is 0. The highest BCUT2D eigenvalue weighted by molar-refractivity contribution is 9.10. The van der Waals surface area contributed by atoms with Crippen molar-refractivity contribution < 1.29 is 8.42 Å². The zero-order valence-corrected chi connectivity index (χ0v) is 12.1. The Hall–Kier alpha value is -1.84. The van der Waals surface area contributed by atoms with Crippen LogP contribution in [0.1, 0.15) is 5.56 Å². The Labute approximate surface area is 119 Å². The van der Waals surface area contributed by atoms with Gasteiger partial charge in [0, 0.05) is 4.47 Å². The van der Waals surface area contributed by atoms with Gasteiger partial charge in [-0.3, -0.25) is 4.72 Å². The van der Waals surface area contributed by atoms with E-state index in [1.54, 1.807) is 36.4 Å². The molecule has 0 saturated carbocycles. The number of nitrogens with zero attached hydrogens (tertiary/aromatic N) is 1. The molecule has 2 aromatic carbocycles. The first-order valence-corrected chi connectivity index (χ1v) is 7.59. The van der Waals surface area contributed by atoms with Crippen molar-refractivity contribution in [3.63, 3.8) is 0 Å². The van der Waals surface area contributed by atoms with Gasteiger partial charge in [-0.15, -0.1) is 0 Å². The van der Waals surface area contributed by atoms with E-state index < -0.39 is 10.0 Å². The monoisotopic (exact) mass is 336 g/mol. The fourth-order valence-electron chi connectivity index (χ4n) is 1.54. The molecule has 2 rings (SSSR count). The van der Waals surface area contributed by atoms with E-state index in [9.17, 15) is 8.42 Å². The number of rotatable bonds is 3. The van der Waals surface area contributed by atoms with Crippen LogP contribution in [0.4, 0.5) is 5.69 Å². The van der Waals surface area contributed by atoms with Gasteiger partial charge in [0.05, 0.1) is 11.3 Å². The molecule has 0 spiro atoms. The number of para-hydroxylation sites is 1. The maximum absolute atomic E-state index is 12.3. The summed E-state index contributed by atoms with van der Waals surface area (Å²) in [7, 11) is -3.78. The molecule has 19 heavy (non-hydrogen) atoms. The van der Waals surface area contributed by atoms with Gasteiger partial charge in [0.25, 0.3) is 10.0 Å². The van der Waals surface area contributed by atoms with Gasteiger partial charge in [-0.1, -0.05) is 24.3 Å². The first kappa shape index (κ1) is 13.6. The zero-order chi connectivity index (χ0) is 13.9. The molecule has 0 aliphatic heterocycles. The third kappa shape index (κ3) is 2.95. The fraction of sp³-hybridized carbons (Fsp3) is 0. The third-order valence-corrected chi connectivity index (χ3v) is 4.53. The molecule has 6 heteroatoms. The summed E-state index contributed by atoms with van der Waals surface area (Å²) in [4.78, 5) is -0.0340.